The Morgan fingerprint density at radius 2 is 1.68 bits per heavy atom. The third-order valence-corrected chi connectivity index (χ3v) is 4.56. The van der Waals surface area contributed by atoms with Gasteiger partial charge in [-0.25, -0.2) is 0 Å². The molecule has 0 amide bonds. The highest BCUT2D eigenvalue weighted by atomic mass is 15.0. The first-order chi connectivity index (χ1) is 10.7. The van der Waals surface area contributed by atoms with Gasteiger partial charge >= 0.3 is 0 Å². The average molecular weight is 286 g/mol. The molecule has 0 unspecified atom stereocenters. The minimum atomic E-state index is 0.562. The van der Waals surface area contributed by atoms with E-state index in [0.717, 1.165) is 6.54 Å². The van der Waals surface area contributed by atoms with Crippen molar-refractivity contribution in [3.05, 3.63) is 78.0 Å². The third-order valence-electron chi connectivity index (χ3n) is 4.56. The average Bonchev–Trinajstić information content (AvgIpc) is 2.92. The number of hydrogen-bond donors (Lipinski definition) is 0. The quantitative estimate of drug-likeness (QED) is 0.466. The molecule has 108 valence electrons. The highest BCUT2D eigenvalue weighted by molar-refractivity contribution is 5.74. The van der Waals surface area contributed by atoms with Gasteiger partial charge in [0.25, 0.3) is 0 Å². The van der Waals surface area contributed by atoms with Gasteiger partial charge in [-0.2, -0.15) is 4.57 Å². The molecule has 0 saturated carbocycles. The van der Waals surface area contributed by atoms with Crippen molar-refractivity contribution in [3.8, 4) is 22.4 Å². The van der Waals surface area contributed by atoms with Crippen molar-refractivity contribution in [2.24, 2.45) is 0 Å². The van der Waals surface area contributed by atoms with Crippen molar-refractivity contribution in [2.75, 3.05) is 0 Å². The van der Waals surface area contributed by atoms with Crippen LogP contribution in [0.1, 0.15) is 30.9 Å². The molecule has 4 rings (SSSR count). The predicted octanol–water partition coefficient (Wildman–Crippen LogP) is 4.79. The number of nitrogens with zero attached hydrogens (tertiary/aromatic N) is 1. The van der Waals surface area contributed by atoms with E-state index in [9.17, 15) is 0 Å². The third kappa shape index (κ3) is 2.14. The Balaban J connectivity index is 1.85. The van der Waals surface area contributed by atoms with Crippen molar-refractivity contribution in [1.29, 1.82) is 0 Å². The summed E-state index contributed by atoms with van der Waals surface area (Å²) < 4.78 is 2.35. The minimum Gasteiger partial charge on any atom is -0.194 e. The molecule has 3 aromatic rings. The van der Waals surface area contributed by atoms with Crippen molar-refractivity contribution in [1.82, 2.24) is 0 Å². The maximum Gasteiger partial charge on any atom is 0.213 e. The fraction of sp³-hybridized carbons (Fsp3) is 0.190. The largest absolute Gasteiger partial charge is 0.213 e. The van der Waals surface area contributed by atoms with Crippen LogP contribution in [-0.4, -0.2) is 0 Å². The first-order valence-electron chi connectivity index (χ1n) is 7.94. The Hall–Kier alpha value is -2.41. The van der Waals surface area contributed by atoms with Crippen molar-refractivity contribution >= 4 is 0 Å². The van der Waals surface area contributed by atoms with Crippen LogP contribution in [-0.2, 0) is 6.54 Å². The van der Waals surface area contributed by atoms with E-state index in [2.05, 4.69) is 85.3 Å². The predicted molar refractivity (Wildman–Crippen MR) is 90.7 cm³/mol. The zero-order valence-corrected chi connectivity index (χ0v) is 13.1. The SMILES string of the molecule is CC(C)c1cc[n+]2c(c1)-c1cc(-c3ccccc3)ccc1C2. The zero-order valence-electron chi connectivity index (χ0n) is 13.1. The number of aromatic nitrogens is 1. The van der Waals surface area contributed by atoms with E-state index >= 15 is 0 Å². The number of benzene rings is 2. The molecular weight excluding hydrogens is 266 g/mol. The highest BCUT2D eigenvalue weighted by Gasteiger charge is 2.26. The lowest BCUT2D eigenvalue weighted by Gasteiger charge is -2.05. The molecule has 0 bridgehead atoms. The van der Waals surface area contributed by atoms with Gasteiger partial charge in [-0.05, 0) is 28.7 Å². The molecule has 0 spiro atoms. The monoisotopic (exact) mass is 286 g/mol. The van der Waals surface area contributed by atoms with Gasteiger partial charge in [0, 0.05) is 17.7 Å². The van der Waals surface area contributed by atoms with Crippen LogP contribution in [0, 0.1) is 0 Å². The lowest BCUT2D eigenvalue weighted by atomic mass is 9.97. The summed E-state index contributed by atoms with van der Waals surface area (Å²) in [6, 6.07) is 22.1. The lowest BCUT2D eigenvalue weighted by molar-refractivity contribution is -0.672. The number of rotatable bonds is 2. The van der Waals surface area contributed by atoms with Gasteiger partial charge in [-0.1, -0.05) is 56.3 Å². The highest BCUT2D eigenvalue weighted by Crippen LogP contribution is 2.32. The summed E-state index contributed by atoms with van der Waals surface area (Å²) in [6.07, 6.45) is 2.23. The van der Waals surface area contributed by atoms with Crippen molar-refractivity contribution in [2.45, 2.75) is 26.3 Å². The Morgan fingerprint density at radius 1 is 0.864 bits per heavy atom. The van der Waals surface area contributed by atoms with E-state index in [1.54, 1.807) is 0 Å². The molecule has 0 atom stereocenters. The van der Waals surface area contributed by atoms with Crippen LogP contribution in [0.15, 0.2) is 66.9 Å². The molecule has 1 aromatic heterocycles. The molecule has 0 aliphatic carbocycles. The summed E-state index contributed by atoms with van der Waals surface area (Å²) in [5.41, 5.74) is 8.12. The summed E-state index contributed by atoms with van der Waals surface area (Å²) in [7, 11) is 0. The standard InChI is InChI=1S/C21H20N/c1-15(2)17-10-11-22-14-19-9-8-18(12-20(19)21(22)13-17)16-6-4-3-5-7-16/h3-13,15H,14H2,1-2H3/q+1. The van der Waals surface area contributed by atoms with Crippen LogP contribution < -0.4 is 4.57 Å². The van der Waals surface area contributed by atoms with Gasteiger partial charge in [0.05, 0.1) is 5.56 Å². The molecule has 2 aromatic carbocycles. The smallest absolute Gasteiger partial charge is 0.194 e. The molecule has 0 radical (unpaired) electrons. The maximum absolute atomic E-state index is 2.35. The van der Waals surface area contributed by atoms with Crippen LogP contribution in [0.5, 0.6) is 0 Å². The van der Waals surface area contributed by atoms with Crippen LogP contribution >= 0.6 is 0 Å². The van der Waals surface area contributed by atoms with Gasteiger partial charge < -0.3 is 0 Å². The second-order valence-corrected chi connectivity index (χ2v) is 6.37. The molecule has 0 fully saturated rings. The van der Waals surface area contributed by atoms with Crippen LogP contribution in [0.25, 0.3) is 22.4 Å². The molecular formula is C21H20N+. The second-order valence-electron chi connectivity index (χ2n) is 6.37. The van der Waals surface area contributed by atoms with E-state index in [-0.39, 0.29) is 0 Å². The first kappa shape index (κ1) is 13.3. The summed E-state index contributed by atoms with van der Waals surface area (Å²) in [4.78, 5) is 0. The first-order valence-corrected chi connectivity index (χ1v) is 7.94. The summed E-state index contributed by atoms with van der Waals surface area (Å²) >= 11 is 0. The number of fused-ring (bicyclic) bond motifs is 3. The van der Waals surface area contributed by atoms with E-state index in [0.29, 0.717) is 5.92 Å². The molecule has 22 heavy (non-hydrogen) atoms. The van der Waals surface area contributed by atoms with Gasteiger partial charge in [-0.3, -0.25) is 0 Å². The van der Waals surface area contributed by atoms with Crippen LogP contribution in [0.4, 0.5) is 0 Å². The summed E-state index contributed by atoms with van der Waals surface area (Å²) in [5, 5.41) is 0. The molecule has 1 aliphatic rings. The van der Waals surface area contributed by atoms with E-state index in [1.165, 1.54) is 33.5 Å². The van der Waals surface area contributed by atoms with Crippen LogP contribution in [0.2, 0.25) is 0 Å². The minimum absolute atomic E-state index is 0.562. The fourth-order valence-corrected chi connectivity index (χ4v) is 3.22. The topological polar surface area (TPSA) is 3.88 Å². The van der Waals surface area contributed by atoms with Gasteiger partial charge in [0.2, 0.25) is 5.69 Å². The fourth-order valence-electron chi connectivity index (χ4n) is 3.22. The molecule has 1 aliphatic heterocycles. The molecule has 0 saturated heterocycles. The lowest BCUT2D eigenvalue weighted by Crippen LogP contribution is -2.31. The Morgan fingerprint density at radius 3 is 2.45 bits per heavy atom. The molecule has 1 nitrogen and oxygen atoms in total. The Kier molecular flexibility index (Phi) is 3.07. The van der Waals surface area contributed by atoms with Crippen LogP contribution in [0.3, 0.4) is 0 Å². The van der Waals surface area contributed by atoms with Gasteiger partial charge in [0.1, 0.15) is 0 Å². The number of pyridine rings is 1. The van der Waals surface area contributed by atoms with E-state index in [4.69, 9.17) is 0 Å². The van der Waals surface area contributed by atoms with Gasteiger partial charge in [-0.15, -0.1) is 0 Å². The van der Waals surface area contributed by atoms with Gasteiger partial charge in [0.15, 0.2) is 12.7 Å². The number of hydrogen-bond acceptors (Lipinski definition) is 0. The maximum atomic E-state index is 2.35. The van der Waals surface area contributed by atoms with Crippen molar-refractivity contribution in [3.63, 3.8) is 0 Å². The summed E-state index contributed by atoms with van der Waals surface area (Å²) in [6.45, 7) is 5.49. The molecule has 2 heterocycles. The zero-order chi connectivity index (χ0) is 15.1. The Bertz CT molecular complexity index is 832. The van der Waals surface area contributed by atoms with Crippen molar-refractivity contribution < 1.29 is 4.57 Å². The summed E-state index contributed by atoms with van der Waals surface area (Å²) in [5.74, 6) is 0.562. The normalized spacial score (nSPS) is 12.3. The second kappa shape index (κ2) is 5.10. The van der Waals surface area contributed by atoms with E-state index in [1.807, 2.05) is 0 Å². The Labute approximate surface area is 131 Å². The van der Waals surface area contributed by atoms with E-state index < -0.39 is 0 Å². The molecule has 0 N–H and O–H groups in total. The molecule has 1 heteroatoms.